The summed E-state index contributed by atoms with van der Waals surface area (Å²) >= 11 is 0. The molecule has 1 fully saturated rings. The van der Waals surface area contributed by atoms with E-state index in [1.807, 2.05) is 32.0 Å². The van der Waals surface area contributed by atoms with Crippen molar-refractivity contribution in [2.45, 2.75) is 38.8 Å². The molecule has 0 atom stereocenters. The molecule has 120 valence electrons. The second-order valence-electron chi connectivity index (χ2n) is 5.84. The predicted octanol–water partition coefficient (Wildman–Crippen LogP) is 3.09. The molecule has 6 heteroatoms. The van der Waals surface area contributed by atoms with Crippen LogP contribution in [0.4, 0.5) is 11.5 Å². The normalized spacial score (nSPS) is 13.7. The van der Waals surface area contributed by atoms with Crippen LogP contribution in [0, 0.1) is 0 Å². The Hall–Kier alpha value is -2.63. The molecule has 1 saturated carbocycles. The van der Waals surface area contributed by atoms with Crippen LogP contribution in [0.25, 0.3) is 0 Å². The Labute approximate surface area is 135 Å². The minimum absolute atomic E-state index is 0.0284. The maximum Gasteiger partial charge on any atom is 0.276 e. The lowest BCUT2D eigenvalue weighted by Gasteiger charge is -2.14. The standard InChI is InChI=1S/C17H20N4O2/c1-11(2)23-15-6-4-3-5-13(15)19-17(22)14-9-10-16(21-20-14)18-12-7-8-12/h3-6,9-12H,7-8H2,1-2H3,(H,18,21)(H,19,22). The Morgan fingerprint density at radius 1 is 1.17 bits per heavy atom. The fourth-order valence-electron chi connectivity index (χ4n) is 2.08. The summed E-state index contributed by atoms with van der Waals surface area (Å²) in [5, 5.41) is 14.1. The van der Waals surface area contributed by atoms with E-state index in [0.717, 1.165) is 12.8 Å². The number of nitrogens with zero attached hydrogens (tertiary/aromatic N) is 2. The topological polar surface area (TPSA) is 76.1 Å². The molecule has 0 radical (unpaired) electrons. The number of hydrogen-bond donors (Lipinski definition) is 2. The maximum absolute atomic E-state index is 12.3. The summed E-state index contributed by atoms with van der Waals surface area (Å²) in [4.78, 5) is 12.3. The first kappa shape index (κ1) is 15.3. The average Bonchev–Trinajstić information content (AvgIpc) is 3.33. The van der Waals surface area contributed by atoms with Gasteiger partial charge in [0, 0.05) is 6.04 Å². The van der Waals surface area contributed by atoms with Crippen LogP contribution in [0.2, 0.25) is 0 Å². The fraction of sp³-hybridized carbons (Fsp3) is 0.353. The number of benzene rings is 1. The molecule has 6 nitrogen and oxygen atoms in total. The van der Waals surface area contributed by atoms with Crippen LogP contribution in [0.1, 0.15) is 37.2 Å². The lowest BCUT2D eigenvalue weighted by atomic mass is 10.2. The number of carbonyl (C=O) groups is 1. The van der Waals surface area contributed by atoms with E-state index < -0.39 is 0 Å². The van der Waals surface area contributed by atoms with Gasteiger partial charge >= 0.3 is 0 Å². The van der Waals surface area contributed by atoms with Gasteiger partial charge in [0.15, 0.2) is 5.69 Å². The van der Waals surface area contributed by atoms with Gasteiger partial charge in [-0.3, -0.25) is 4.79 Å². The number of para-hydroxylation sites is 2. The van der Waals surface area contributed by atoms with Crippen LogP contribution in [0.3, 0.4) is 0 Å². The first-order chi connectivity index (χ1) is 11.1. The monoisotopic (exact) mass is 312 g/mol. The van der Waals surface area contributed by atoms with Gasteiger partial charge in [0.05, 0.1) is 11.8 Å². The second-order valence-corrected chi connectivity index (χ2v) is 5.84. The van der Waals surface area contributed by atoms with Gasteiger partial charge in [0.25, 0.3) is 5.91 Å². The molecule has 0 spiro atoms. The molecule has 0 unspecified atom stereocenters. The molecule has 23 heavy (non-hydrogen) atoms. The number of hydrogen-bond acceptors (Lipinski definition) is 5. The summed E-state index contributed by atoms with van der Waals surface area (Å²) in [6.07, 6.45) is 2.35. The van der Waals surface area contributed by atoms with E-state index in [4.69, 9.17) is 4.74 Å². The Morgan fingerprint density at radius 3 is 2.61 bits per heavy atom. The van der Waals surface area contributed by atoms with Gasteiger partial charge in [-0.15, -0.1) is 10.2 Å². The van der Waals surface area contributed by atoms with Crippen LogP contribution < -0.4 is 15.4 Å². The molecular weight excluding hydrogens is 292 g/mol. The van der Waals surface area contributed by atoms with Crippen LogP contribution in [0.15, 0.2) is 36.4 Å². The molecule has 1 aliphatic carbocycles. The van der Waals surface area contributed by atoms with Crippen LogP contribution >= 0.6 is 0 Å². The smallest absolute Gasteiger partial charge is 0.276 e. The van der Waals surface area contributed by atoms with E-state index in [-0.39, 0.29) is 17.7 Å². The van der Waals surface area contributed by atoms with Crippen LogP contribution in [-0.2, 0) is 0 Å². The van der Waals surface area contributed by atoms with Crippen molar-refractivity contribution in [2.75, 3.05) is 10.6 Å². The highest BCUT2D eigenvalue weighted by atomic mass is 16.5. The molecular formula is C17H20N4O2. The van der Waals surface area contributed by atoms with Crippen molar-refractivity contribution in [1.29, 1.82) is 0 Å². The molecule has 3 rings (SSSR count). The zero-order chi connectivity index (χ0) is 16.2. The Kier molecular flexibility index (Phi) is 4.41. The molecule has 1 amide bonds. The molecule has 2 N–H and O–H groups in total. The van der Waals surface area contributed by atoms with E-state index >= 15 is 0 Å². The van der Waals surface area contributed by atoms with Crippen molar-refractivity contribution in [1.82, 2.24) is 10.2 Å². The predicted molar refractivity (Wildman–Crippen MR) is 88.8 cm³/mol. The Balaban J connectivity index is 1.68. The zero-order valence-electron chi connectivity index (χ0n) is 13.2. The molecule has 1 heterocycles. The number of rotatable bonds is 6. The van der Waals surface area contributed by atoms with Crippen molar-refractivity contribution < 1.29 is 9.53 Å². The van der Waals surface area contributed by atoms with Gasteiger partial charge in [0.2, 0.25) is 0 Å². The number of ether oxygens (including phenoxy) is 1. The molecule has 1 aliphatic rings. The largest absolute Gasteiger partial charge is 0.489 e. The Morgan fingerprint density at radius 2 is 1.96 bits per heavy atom. The molecule has 0 bridgehead atoms. The SMILES string of the molecule is CC(C)Oc1ccccc1NC(=O)c1ccc(NC2CC2)nn1. The van der Waals surface area contributed by atoms with Crippen molar-refractivity contribution >= 4 is 17.4 Å². The minimum Gasteiger partial charge on any atom is -0.489 e. The molecule has 0 aliphatic heterocycles. The summed E-state index contributed by atoms with van der Waals surface area (Å²) in [6.45, 7) is 3.88. The number of nitrogens with one attached hydrogen (secondary N) is 2. The van der Waals surface area contributed by atoms with Gasteiger partial charge in [-0.05, 0) is 51.0 Å². The number of aromatic nitrogens is 2. The van der Waals surface area contributed by atoms with Gasteiger partial charge in [-0.1, -0.05) is 12.1 Å². The first-order valence-corrected chi connectivity index (χ1v) is 7.79. The number of amides is 1. The van der Waals surface area contributed by atoms with E-state index in [1.165, 1.54) is 0 Å². The van der Waals surface area contributed by atoms with Gasteiger partial charge in [-0.25, -0.2) is 0 Å². The summed E-state index contributed by atoms with van der Waals surface area (Å²) in [7, 11) is 0. The van der Waals surface area contributed by atoms with Crippen LogP contribution in [-0.4, -0.2) is 28.3 Å². The Bertz CT molecular complexity index is 681. The van der Waals surface area contributed by atoms with Gasteiger partial charge in [-0.2, -0.15) is 0 Å². The summed E-state index contributed by atoms with van der Waals surface area (Å²) in [5.41, 5.74) is 0.888. The molecule has 2 aromatic rings. The number of anilines is 2. The number of carbonyl (C=O) groups excluding carboxylic acids is 1. The van der Waals surface area contributed by atoms with E-state index in [9.17, 15) is 4.79 Å². The first-order valence-electron chi connectivity index (χ1n) is 7.79. The molecule has 1 aromatic carbocycles. The third-order valence-corrected chi connectivity index (χ3v) is 3.32. The van der Waals surface area contributed by atoms with Crippen molar-refractivity contribution in [2.24, 2.45) is 0 Å². The van der Waals surface area contributed by atoms with Crippen molar-refractivity contribution in [3.05, 3.63) is 42.1 Å². The van der Waals surface area contributed by atoms with E-state index in [0.29, 0.717) is 23.3 Å². The lowest BCUT2D eigenvalue weighted by molar-refractivity contribution is 0.102. The molecule has 1 aromatic heterocycles. The summed E-state index contributed by atoms with van der Waals surface area (Å²) in [6, 6.07) is 11.3. The quantitative estimate of drug-likeness (QED) is 0.857. The highest BCUT2D eigenvalue weighted by molar-refractivity contribution is 6.03. The second kappa shape index (κ2) is 6.64. The summed E-state index contributed by atoms with van der Waals surface area (Å²) in [5.74, 6) is 1.03. The van der Waals surface area contributed by atoms with Gasteiger partial charge < -0.3 is 15.4 Å². The minimum atomic E-state index is -0.310. The highest BCUT2D eigenvalue weighted by Crippen LogP contribution is 2.25. The fourth-order valence-corrected chi connectivity index (χ4v) is 2.08. The average molecular weight is 312 g/mol. The lowest BCUT2D eigenvalue weighted by Crippen LogP contribution is -2.16. The van der Waals surface area contributed by atoms with Gasteiger partial charge in [0.1, 0.15) is 11.6 Å². The maximum atomic E-state index is 12.3. The van der Waals surface area contributed by atoms with Crippen molar-refractivity contribution in [3.8, 4) is 5.75 Å². The van der Waals surface area contributed by atoms with Crippen molar-refractivity contribution in [3.63, 3.8) is 0 Å². The van der Waals surface area contributed by atoms with E-state index in [2.05, 4.69) is 20.8 Å². The molecule has 0 saturated heterocycles. The third kappa shape index (κ3) is 4.18. The third-order valence-electron chi connectivity index (χ3n) is 3.32. The highest BCUT2D eigenvalue weighted by Gasteiger charge is 2.21. The van der Waals surface area contributed by atoms with E-state index in [1.54, 1.807) is 18.2 Å². The zero-order valence-corrected chi connectivity index (χ0v) is 13.2. The summed E-state index contributed by atoms with van der Waals surface area (Å²) < 4.78 is 5.69. The van der Waals surface area contributed by atoms with Crippen LogP contribution in [0.5, 0.6) is 5.75 Å².